The largest absolute Gasteiger partial charge is 0.480 e. The number of amides is 1. The predicted molar refractivity (Wildman–Crippen MR) is 64.7 cm³/mol. The van der Waals surface area contributed by atoms with E-state index in [1.807, 2.05) is 19.3 Å². The predicted octanol–water partition coefficient (Wildman–Crippen LogP) is 0.988. The topological polar surface area (TPSA) is 107 Å². The van der Waals surface area contributed by atoms with Gasteiger partial charge in [0.05, 0.1) is 4.92 Å². The number of hydrazine groups is 1. The minimum Gasteiger partial charge on any atom is -0.480 e. The van der Waals surface area contributed by atoms with E-state index in [1.54, 1.807) is 0 Å². The van der Waals surface area contributed by atoms with E-state index < -0.39 is 16.9 Å². The number of nitrogens with zero attached hydrogens (tertiary/aromatic N) is 1. The Kier molecular flexibility index (Phi) is 4.61. The first-order valence-electron chi connectivity index (χ1n) is 5.37. The lowest BCUT2D eigenvalue weighted by atomic mass is 10.1. The molecule has 1 amide bonds. The third kappa shape index (κ3) is 3.42. The SMILES string of the molecule is CC(C)C(Oc1ccc([N+](=O)[O-])cc1)C(=O)NN. The Morgan fingerprint density at radius 2 is 1.94 bits per heavy atom. The number of ether oxygens (including phenoxy) is 1. The molecule has 7 nitrogen and oxygen atoms in total. The molecule has 1 aromatic rings. The summed E-state index contributed by atoms with van der Waals surface area (Å²) in [6, 6.07) is 5.51. The molecule has 0 saturated heterocycles. The molecule has 0 radical (unpaired) electrons. The molecule has 0 fully saturated rings. The summed E-state index contributed by atoms with van der Waals surface area (Å²) in [6.07, 6.45) is -0.739. The molecule has 7 heteroatoms. The molecule has 1 atom stereocenters. The second kappa shape index (κ2) is 5.97. The van der Waals surface area contributed by atoms with Gasteiger partial charge in [0.15, 0.2) is 6.10 Å². The van der Waals surface area contributed by atoms with Gasteiger partial charge in [0.25, 0.3) is 11.6 Å². The van der Waals surface area contributed by atoms with Gasteiger partial charge in [-0.25, -0.2) is 5.84 Å². The van der Waals surface area contributed by atoms with E-state index in [1.165, 1.54) is 24.3 Å². The number of nitrogens with one attached hydrogen (secondary N) is 1. The van der Waals surface area contributed by atoms with Crippen LogP contribution in [0, 0.1) is 16.0 Å². The fourth-order valence-electron chi connectivity index (χ4n) is 1.37. The number of nitrogens with two attached hydrogens (primary N) is 1. The molecule has 1 rings (SSSR count). The van der Waals surface area contributed by atoms with Crippen molar-refractivity contribution >= 4 is 11.6 Å². The van der Waals surface area contributed by atoms with Crippen LogP contribution in [-0.4, -0.2) is 16.9 Å². The van der Waals surface area contributed by atoms with Crippen LogP contribution in [-0.2, 0) is 4.79 Å². The van der Waals surface area contributed by atoms with Crippen molar-refractivity contribution < 1.29 is 14.5 Å². The van der Waals surface area contributed by atoms with Crippen molar-refractivity contribution in [3.63, 3.8) is 0 Å². The van der Waals surface area contributed by atoms with Gasteiger partial charge in [-0.15, -0.1) is 0 Å². The van der Waals surface area contributed by atoms with Crippen LogP contribution in [0.3, 0.4) is 0 Å². The molecule has 3 N–H and O–H groups in total. The number of nitro groups is 1. The molecule has 18 heavy (non-hydrogen) atoms. The van der Waals surface area contributed by atoms with E-state index in [0.29, 0.717) is 5.75 Å². The Balaban J connectivity index is 2.81. The van der Waals surface area contributed by atoms with Gasteiger partial charge in [-0.2, -0.15) is 0 Å². The molecule has 0 saturated carbocycles. The monoisotopic (exact) mass is 253 g/mol. The Labute approximate surface area is 104 Å². The van der Waals surface area contributed by atoms with Crippen LogP contribution in [0.1, 0.15) is 13.8 Å². The van der Waals surface area contributed by atoms with Crippen molar-refractivity contribution in [2.75, 3.05) is 0 Å². The van der Waals surface area contributed by atoms with Crippen LogP contribution in [0.2, 0.25) is 0 Å². The van der Waals surface area contributed by atoms with Crippen LogP contribution >= 0.6 is 0 Å². The summed E-state index contributed by atoms with van der Waals surface area (Å²) >= 11 is 0. The highest BCUT2D eigenvalue weighted by atomic mass is 16.6. The molecular formula is C11H15N3O4. The van der Waals surface area contributed by atoms with E-state index in [9.17, 15) is 14.9 Å². The van der Waals surface area contributed by atoms with Gasteiger partial charge in [-0.1, -0.05) is 13.8 Å². The van der Waals surface area contributed by atoms with Gasteiger partial charge in [-0.05, 0) is 18.1 Å². The van der Waals surface area contributed by atoms with Crippen LogP contribution in [0.25, 0.3) is 0 Å². The van der Waals surface area contributed by atoms with Gasteiger partial charge in [0.1, 0.15) is 5.75 Å². The van der Waals surface area contributed by atoms with Crippen molar-refractivity contribution in [3.05, 3.63) is 34.4 Å². The third-order valence-electron chi connectivity index (χ3n) is 2.32. The van der Waals surface area contributed by atoms with E-state index in [2.05, 4.69) is 0 Å². The highest BCUT2D eigenvalue weighted by molar-refractivity contribution is 5.80. The highest BCUT2D eigenvalue weighted by Crippen LogP contribution is 2.20. The molecule has 1 aromatic carbocycles. The molecular weight excluding hydrogens is 238 g/mol. The van der Waals surface area contributed by atoms with Crippen molar-refractivity contribution in [1.82, 2.24) is 5.43 Å². The van der Waals surface area contributed by atoms with Crippen molar-refractivity contribution in [3.8, 4) is 5.75 Å². The average molecular weight is 253 g/mol. The molecule has 0 heterocycles. The first kappa shape index (κ1) is 13.9. The Bertz CT molecular complexity index is 430. The van der Waals surface area contributed by atoms with E-state index in [-0.39, 0.29) is 11.6 Å². The summed E-state index contributed by atoms with van der Waals surface area (Å²) in [4.78, 5) is 21.4. The fraction of sp³-hybridized carbons (Fsp3) is 0.364. The normalized spacial score (nSPS) is 12.0. The zero-order chi connectivity index (χ0) is 13.7. The van der Waals surface area contributed by atoms with Gasteiger partial charge in [0.2, 0.25) is 0 Å². The Morgan fingerprint density at radius 1 is 1.39 bits per heavy atom. The number of carbonyl (C=O) groups excluding carboxylic acids is 1. The number of benzene rings is 1. The van der Waals surface area contributed by atoms with Gasteiger partial charge < -0.3 is 4.74 Å². The molecule has 1 unspecified atom stereocenters. The third-order valence-corrected chi connectivity index (χ3v) is 2.32. The van der Waals surface area contributed by atoms with Crippen molar-refractivity contribution in [1.29, 1.82) is 0 Å². The quantitative estimate of drug-likeness (QED) is 0.352. The summed E-state index contributed by atoms with van der Waals surface area (Å²) in [5.74, 6) is 4.92. The smallest absolute Gasteiger partial charge is 0.275 e. The minimum atomic E-state index is -0.739. The summed E-state index contributed by atoms with van der Waals surface area (Å²) in [5.41, 5.74) is 1.99. The first-order valence-corrected chi connectivity index (χ1v) is 5.37. The number of non-ortho nitro benzene ring substituents is 1. The lowest BCUT2D eigenvalue weighted by Gasteiger charge is -2.20. The summed E-state index contributed by atoms with van der Waals surface area (Å²) in [6.45, 7) is 3.62. The molecule has 0 aliphatic rings. The van der Waals surface area contributed by atoms with E-state index in [4.69, 9.17) is 10.6 Å². The lowest BCUT2D eigenvalue weighted by molar-refractivity contribution is -0.384. The molecule has 0 bridgehead atoms. The maximum absolute atomic E-state index is 11.5. The lowest BCUT2D eigenvalue weighted by Crippen LogP contribution is -2.44. The van der Waals surface area contributed by atoms with Gasteiger partial charge in [0, 0.05) is 12.1 Å². The zero-order valence-electron chi connectivity index (χ0n) is 10.1. The number of hydrogen-bond acceptors (Lipinski definition) is 5. The molecule has 0 aromatic heterocycles. The average Bonchev–Trinajstić information content (AvgIpc) is 2.35. The number of carbonyl (C=O) groups is 1. The van der Waals surface area contributed by atoms with Crippen LogP contribution < -0.4 is 16.0 Å². The highest BCUT2D eigenvalue weighted by Gasteiger charge is 2.23. The van der Waals surface area contributed by atoms with E-state index >= 15 is 0 Å². The molecule has 0 aliphatic carbocycles. The van der Waals surface area contributed by atoms with Gasteiger partial charge >= 0.3 is 0 Å². The summed E-state index contributed by atoms with van der Waals surface area (Å²) in [7, 11) is 0. The standard InChI is InChI=1S/C11H15N3O4/c1-7(2)10(11(15)13-12)18-9-5-3-8(4-6-9)14(16)17/h3-7,10H,12H2,1-2H3,(H,13,15). The maximum atomic E-state index is 11.5. The summed E-state index contributed by atoms with van der Waals surface area (Å²) in [5, 5.41) is 10.5. The Morgan fingerprint density at radius 3 is 2.33 bits per heavy atom. The van der Waals surface area contributed by atoms with Gasteiger partial charge in [-0.3, -0.25) is 20.3 Å². The van der Waals surface area contributed by atoms with Crippen LogP contribution in [0.5, 0.6) is 5.75 Å². The molecule has 0 spiro atoms. The maximum Gasteiger partial charge on any atom is 0.275 e. The van der Waals surface area contributed by atoms with Crippen LogP contribution in [0.4, 0.5) is 5.69 Å². The molecule has 98 valence electrons. The van der Waals surface area contributed by atoms with E-state index in [0.717, 1.165) is 0 Å². The number of hydrogen-bond donors (Lipinski definition) is 2. The second-order valence-electron chi connectivity index (χ2n) is 4.04. The molecule has 0 aliphatic heterocycles. The first-order chi connectivity index (χ1) is 8.45. The van der Waals surface area contributed by atoms with Crippen molar-refractivity contribution in [2.24, 2.45) is 11.8 Å². The zero-order valence-corrected chi connectivity index (χ0v) is 10.1. The number of nitro benzene ring substituents is 1. The van der Waals surface area contributed by atoms with Crippen molar-refractivity contribution in [2.45, 2.75) is 20.0 Å². The Hall–Kier alpha value is -2.15. The summed E-state index contributed by atoms with van der Waals surface area (Å²) < 4.78 is 5.45. The fourth-order valence-corrected chi connectivity index (χ4v) is 1.37. The number of rotatable bonds is 5. The second-order valence-corrected chi connectivity index (χ2v) is 4.04. The minimum absolute atomic E-state index is 0.0354. The van der Waals surface area contributed by atoms with Crippen LogP contribution in [0.15, 0.2) is 24.3 Å².